The van der Waals surface area contributed by atoms with Gasteiger partial charge in [0, 0.05) is 24.0 Å². The Bertz CT molecular complexity index is 1300. The van der Waals surface area contributed by atoms with Crippen LogP contribution in [0.1, 0.15) is 36.5 Å². The van der Waals surface area contributed by atoms with Gasteiger partial charge in [-0.25, -0.2) is 15.0 Å². The summed E-state index contributed by atoms with van der Waals surface area (Å²) in [6.45, 7) is 5.09. The average molecular weight is 503 g/mol. The maximum absolute atomic E-state index is 13.3. The number of nitrogens with one attached hydrogen (secondary N) is 1. The largest absolute Gasteiger partial charge is 0.493 e. The second kappa shape index (κ2) is 8.95. The van der Waals surface area contributed by atoms with Crippen molar-refractivity contribution in [3.05, 3.63) is 41.3 Å². The Morgan fingerprint density at radius 3 is 2.61 bits per heavy atom. The van der Waals surface area contributed by atoms with Gasteiger partial charge in [-0.1, -0.05) is 0 Å². The highest BCUT2D eigenvalue weighted by atomic mass is 19.4. The van der Waals surface area contributed by atoms with E-state index < -0.39 is 17.8 Å². The normalized spacial score (nSPS) is 22.4. The number of benzene rings is 1. The van der Waals surface area contributed by atoms with Crippen LogP contribution in [-0.4, -0.2) is 53.2 Å². The molecule has 2 fully saturated rings. The number of anilines is 2. The van der Waals surface area contributed by atoms with Crippen molar-refractivity contribution in [2.24, 2.45) is 11.8 Å². The van der Waals surface area contributed by atoms with Crippen LogP contribution in [0, 0.1) is 18.8 Å². The fraction of sp³-hybridized carbons (Fsp3) is 0.480. The maximum atomic E-state index is 13.3. The number of nitrogen functional groups attached to an aromatic ring is 1. The van der Waals surface area contributed by atoms with Crippen molar-refractivity contribution >= 4 is 22.5 Å². The van der Waals surface area contributed by atoms with E-state index in [2.05, 4.69) is 32.2 Å². The van der Waals surface area contributed by atoms with Gasteiger partial charge in [0.15, 0.2) is 11.5 Å². The van der Waals surface area contributed by atoms with Gasteiger partial charge in [0.25, 0.3) is 0 Å². The fourth-order valence-electron chi connectivity index (χ4n) is 5.08. The van der Waals surface area contributed by atoms with E-state index in [4.69, 9.17) is 15.2 Å². The van der Waals surface area contributed by atoms with E-state index in [-0.39, 0.29) is 11.5 Å². The van der Waals surface area contributed by atoms with Gasteiger partial charge in [0.1, 0.15) is 24.1 Å². The number of hydrogen-bond acceptors (Lipinski definition) is 8. The Morgan fingerprint density at radius 2 is 1.94 bits per heavy atom. The number of rotatable bonds is 7. The van der Waals surface area contributed by atoms with Crippen LogP contribution in [0.3, 0.4) is 0 Å². The van der Waals surface area contributed by atoms with Gasteiger partial charge in [-0.2, -0.15) is 13.2 Å². The second-order valence-corrected chi connectivity index (χ2v) is 9.69. The molecule has 3 N–H and O–H groups in total. The lowest BCUT2D eigenvalue weighted by Gasteiger charge is -2.23. The minimum atomic E-state index is -4.53. The molecule has 2 aliphatic rings. The summed E-state index contributed by atoms with van der Waals surface area (Å²) < 4.78 is 51.7. The molecular weight excluding hydrogens is 473 g/mol. The molecule has 0 bridgehead atoms. The van der Waals surface area contributed by atoms with Crippen molar-refractivity contribution in [3.63, 3.8) is 0 Å². The van der Waals surface area contributed by atoms with Gasteiger partial charge in [-0.3, -0.25) is 4.90 Å². The summed E-state index contributed by atoms with van der Waals surface area (Å²) in [4.78, 5) is 15.5. The Morgan fingerprint density at radius 1 is 1.17 bits per heavy atom. The van der Waals surface area contributed by atoms with Crippen LogP contribution >= 0.6 is 0 Å². The smallest absolute Gasteiger partial charge is 0.416 e. The number of nitrogens with two attached hydrogens (primary N) is 1. The van der Waals surface area contributed by atoms with E-state index >= 15 is 0 Å². The molecule has 3 aromatic rings. The minimum Gasteiger partial charge on any atom is -0.493 e. The molecule has 2 aromatic heterocycles. The van der Waals surface area contributed by atoms with Gasteiger partial charge >= 0.3 is 6.18 Å². The summed E-state index contributed by atoms with van der Waals surface area (Å²) in [7, 11) is 3.69. The summed E-state index contributed by atoms with van der Waals surface area (Å²) >= 11 is 0. The SMILES string of the molecule is COc1cc2nc(C)nc(N[C@H](C)c3cc(C(F)(F)F)cc(N)n3)c2cc1OC[C@@H]1C2CC2CN1C. The molecule has 0 spiro atoms. The van der Waals surface area contributed by atoms with Crippen molar-refractivity contribution in [1.29, 1.82) is 0 Å². The zero-order valence-electron chi connectivity index (χ0n) is 20.6. The van der Waals surface area contributed by atoms with Crippen LogP contribution < -0.4 is 20.5 Å². The topological polar surface area (TPSA) is 98.4 Å². The summed E-state index contributed by atoms with van der Waals surface area (Å²) in [6, 6.07) is 5.16. The lowest BCUT2D eigenvalue weighted by atomic mass is 10.1. The first-order valence-corrected chi connectivity index (χ1v) is 11.8. The van der Waals surface area contributed by atoms with Crippen LogP contribution in [0.4, 0.5) is 24.8 Å². The van der Waals surface area contributed by atoms with Crippen LogP contribution in [0.15, 0.2) is 24.3 Å². The van der Waals surface area contributed by atoms with Crippen LogP contribution in [0.25, 0.3) is 10.9 Å². The molecule has 0 radical (unpaired) electrons. The van der Waals surface area contributed by atoms with E-state index in [1.807, 2.05) is 6.07 Å². The predicted molar refractivity (Wildman–Crippen MR) is 130 cm³/mol. The van der Waals surface area contributed by atoms with Crippen LogP contribution in [0.2, 0.25) is 0 Å². The van der Waals surface area contributed by atoms with Crippen molar-refractivity contribution in [2.45, 2.75) is 38.5 Å². The molecule has 1 aliphatic carbocycles. The molecule has 1 saturated heterocycles. The van der Waals surface area contributed by atoms with Gasteiger partial charge in [-0.15, -0.1) is 0 Å². The molecule has 2 unspecified atom stereocenters. The zero-order valence-corrected chi connectivity index (χ0v) is 20.6. The summed E-state index contributed by atoms with van der Waals surface area (Å²) in [6.07, 6.45) is -3.28. The third-order valence-electron chi connectivity index (χ3n) is 7.05. The standard InChI is InChI=1S/C25H29F3N6O2/c1-12(18-6-15(25(26,27)28)7-23(29)33-18)30-24-17-8-22(21(35-4)9-19(17)31-13(2)32-24)36-11-20-16-5-14(16)10-34(20)3/h6-9,12,14,16,20H,5,10-11H2,1-4H3,(H2,29,33)(H,30,31,32)/t12-,14?,16?,20-/m1/s1. The number of fused-ring (bicyclic) bond motifs is 2. The Kier molecular flexibility index (Phi) is 6.06. The molecule has 3 heterocycles. The highest BCUT2D eigenvalue weighted by Gasteiger charge is 2.51. The predicted octanol–water partition coefficient (Wildman–Crippen LogP) is 4.44. The average Bonchev–Trinajstić information content (AvgIpc) is 3.49. The highest BCUT2D eigenvalue weighted by molar-refractivity contribution is 5.92. The number of hydrogen-bond donors (Lipinski definition) is 2. The summed E-state index contributed by atoms with van der Waals surface area (Å²) in [5, 5.41) is 3.85. The number of pyridine rings is 1. The van der Waals surface area contributed by atoms with Crippen molar-refractivity contribution in [2.75, 3.05) is 38.4 Å². The molecule has 1 saturated carbocycles. The third-order valence-corrected chi connectivity index (χ3v) is 7.05. The number of ether oxygens (including phenoxy) is 2. The number of likely N-dealkylation sites (N-methyl/N-ethyl adjacent to an activating group) is 1. The molecule has 11 heteroatoms. The zero-order chi connectivity index (χ0) is 25.8. The summed E-state index contributed by atoms with van der Waals surface area (Å²) in [5.74, 6) is 3.32. The van der Waals surface area contributed by atoms with Gasteiger partial charge in [0.2, 0.25) is 0 Å². The Balaban J connectivity index is 1.45. The monoisotopic (exact) mass is 502 g/mol. The molecule has 192 valence electrons. The van der Waals surface area contributed by atoms with E-state index in [0.717, 1.165) is 24.6 Å². The van der Waals surface area contributed by atoms with Crippen molar-refractivity contribution < 1.29 is 22.6 Å². The molecular formula is C25H29F3N6O2. The number of piperidine rings is 1. The van der Waals surface area contributed by atoms with Gasteiger partial charge in [0.05, 0.1) is 29.9 Å². The Labute approximate surface area is 207 Å². The first-order chi connectivity index (χ1) is 17.0. The number of aryl methyl sites for hydroxylation is 1. The molecule has 36 heavy (non-hydrogen) atoms. The molecule has 4 atom stereocenters. The number of alkyl halides is 3. The lowest BCUT2D eigenvalue weighted by molar-refractivity contribution is -0.137. The third kappa shape index (κ3) is 4.71. The van der Waals surface area contributed by atoms with E-state index in [1.165, 1.54) is 6.42 Å². The number of aromatic nitrogens is 3. The number of nitrogens with zero attached hydrogens (tertiary/aromatic N) is 4. The van der Waals surface area contributed by atoms with E-state index in [1.54, 1.807) is 27.0 Å². The quantitative estimate of drug-likeness (QED) is 0.489. The van der Waals surface area contributed by atoms with E-state index in [9.17, 15) is 13.2 Å². The van der Waals surface area contributed by atoms with Crippen molar-refractivity contribution in [1.82, 2.24) is 19.9 Å². The molecule has 1 aromatic carbocycles. The van der Waals surface area contributed by atoms with Gasteiger partial charge < -0.3 is 20.5 Å². The van der Waals surface area contributed by atoms with E-state index in [0.29, 0.717) is 52.6 Å². The van der Waals surface area contributed by atoms with Crippen LogP contribution in [0.5, 0.6) is 11.5 Å². The number of halogens is 3. The van der Waals surface area contributed by atoms with Crippen LogP contribution in [-0.2, 0) is 6.18 Å². The Hall–Kier alpha value is -3.34. The maximum Gasteiger partial charge on any atom is 0.416 e. The molecule has 5 rings (SSSR count). The lowest BCUT2D eigenvalue weighted by Crippen LogP contribution is -2.34. The second-order valence-electron chi connectivity index (χ2n) is 9.69. The van der Waals surface area contributed by atoms with Crippen molar-refractivity contribution in [3.8, 4) is 11.5 Å². The molecule has 1 aliphatic heterocycles. The number of methoxy groups -OCH3 is 1. The first-order valence-electron chi connectivity index (χ1n) is 11.8. The fourth-order valence-corrected chi connectivity index (χ4v) is 5.08. The number of likely N-dealkylation sites (tertiary alicyclic amines) is 1. The molecule has 8 nitrogen and oxygen atoms in total. The minimum absolute atomic E-state index is 0.153. The molecule has 0 amide bonds. The summed E-state index contributed by atoms with van der Waals surface area (Å²) in [5.41, 5.74) is 5.59. The first kappa shape index (κ1) is 24.4. The van der Waals surface area contributed by atoms with Gasteiger partial charge in [-0.05, 0) is 57.4 Å². The highest BCUT2D eigenvalue weighted by Crippen LogP contribution is 2.49.